The zero-order chi connectivity index (χ0) is 16.1. The molecule has 0 bridgehead atoms. The van der Waals surface area contributed by atoms with Crippen molar-refractivity contribution in [2.24, 2.45) is 10.7 Å². The maximum Gasteiger partial charge on any atom is 0.193 e. The predicted molar refractivity (Wildman–Crippen MR) is 92.6 cm³/mol. The number of hydrogen-bond donors (Lipinski definition) is 2. The van der Waals surface area contributed by atoms with E-state index in [-0.39, 0.29) is 0 Å². The summed E-state index contributed by atoms with van der Waals surface area (Å²) < 4.78 is 5.29. The highest BCUT2D eigenvalue weighted by atomic mass is 16.5. The Labute approximate surface area is 132 Å². The van der Waals surface area contributed by atoms with Gasteiger partial charge in [0.05, 0.1) is 19.3 Å². The predicted octanol–water partition coefficient (Wildman–Crippen LogP) is 3.55. The Morgan fingerprint density at radius 2 is 1.77 bits per heavy atom. The quantitative estimate of drug-likeness (QED) is 0.670. The van der Waals surface area contributed by atoms with E-state index < -0.39 is 0 Å². The number of nitrogens with zero attached hydrogens (tertiary/aromatic N) is 1. The highest BCUT2D eigenvalue weighted by Gasteiger charge is 2.05. The van der Waals surface area contributed by atoms with E-state index in [0.717, 1.165) is 11.4 Å². The number of anilines is 1. The van der Waals surface area contributed by atoms with Gasteiger partial charge in [-0.25, -0.2) is 4.99 Å². The van der Waals surface area contributed by atoms with Crippen molar-refractivity contribution >= 4 is 11.6 Å². The van der Waals surface area contributed by atoms with Crippen LogP contribution in [0, 0.1) is 20.8 Å². The minimum absolute atomic E-state index is 0.379. The SMILES string of the molecule is COc1ccccc1NC(N)=NCc1c(C)cc(C)cc1C. The van der Waals surface area contributed by atoms with Crippen LogP contribution in [-0.4, -0.2) is 13.1 Å². The minimum atomic E-state index is 0.379. The van der Waals surface area contributed by atoms with Crippen molar-refractivity contribution < 1.29 is 4.74 Å². The van der Waals surface area contributed by atoms with Crippen LogP contribution in [0.4, 0.5) is 5.69 Å². The summed E-state index contributed by atoms with van der Waals surface area (Å²) in [7, 11) is 1.63. The van der Waals surface area contributed by atoms with Crippen molar-refractivity contribution in [2.75, 3.05) is 12.4 Å². The van der Waals surface area contributed by atoms with Crippen LogP contribution in [0.3, 0.4) is 0 Å². The summed E-state index contributed by atoms with van der Waals surface area (Å²) >= 11 is 0. The highest BCUT2D eigenvalue weighted by Crippen LogP contribution is 2.23. The third kappa shape index (κ3) is 3.79. The smallest absolute Gasteiger partial charge is 0.193 e. The van der Waals surface area contributed by atoms with Gasteiger partial charge >= 0.3 is 0 Å². The maximum absolute atomic E-state index is 5.99. The monoisotopic (exact) mass is 297 g/mol. The van der Waals surface area contributed by atoms with Gasteiger partial charge in [0.15, 0.2) is 5.96 Å². The van der Waals surface area contributed by atoms with E-state index in [2.05, 4.69) is 43.2 Å². The number of aliphatic imine (C=N–C) groups is 1. The average molecular weight is 297 g/mol. The van der Waals surface area contributed by atoms with Gasteiger partial charge < -0.3 is 15.8 Å². The molecule has 2 rings (SSSR count). The first-order valence-corrected chi connectivity index (χ1v) is 7.28. The summed E-state index contributed by atoms with van der Waals surface area (Å²) in [5, 5.41) is 3.08. The van der Waals surface area contributed by atoms with Crippen molar-refractivity contribution in [3.63, 3.8) is 0 Å². The molecule has 2 aromatic carbocycles. The topological polar surface area (TPSA) is 59.6 Å². The summed E-state index contributed by atoms with van der Waals surface area (Å²) in [4.78, 5) is 4.44. The molecule has 0 amide bonds. The van der Waals surface area contributed by atoms with Crippen molar-refractivity contribution in [1.82, 2.24) is 0 Å². The first-order chi connectivity index (χ1) is 10.5. The van der Waals surface area contributed by atoms with Crippen LogP contribution in [0.15, 0.2) is 41.4 Å². The number of ether oxygens (including phenoxy) is 1. The molecule has 0 saturated carbocycles. The molecule has 0 aliphatic heterocycles. The minimum Gasteiger partial charge on any atom is -0.495 e. The first-order valence-electron chi connectivity index (χ1n) is 7.28. The Hall–Kier alpha value is -2.49. The van der Waals surface area contributed by atoms with Crippen LogP contribution in [0.25, 0.3) is 0 Å². The molecule has 0 aromatic heterocycles. The number of guanidine groups is 1. The number of hydrogen-bond acceptors (Lipinski definition) is 2. The van der Waals surface area contributed by atoms with E-state index in [0.29, 0.717) is 12.5 Å². The largest absolute Gasteiger partial charge is 0.495 e. The molecule has 0 spiro atoms. The van der Waals surface area contributed by atoms with Crippen LogP contribution in [0.2, 0.25) is 0 Å². The molecule has 4 heteroatoms. The fourth-order valence-corrected chi connectivity index (χ4v) is 2.55. The molecule has 0 saturated heterocycles. The van der Waals surface area contributed by atoms with Crippen molar-refractivity contribution in [2.45, 2.75) is 27.3 Å². The summed E-state index contributed by atoms with van der Waals surface area (Å²) in [6.45, 7) is 6.87. The Bertz CT molecular complexity index is 669. The van der Waals surface area contributed by atoms with Gasteiger partial charge in [-0.2, -0.15) is 0 Å². The molecule has 0 radical (unpaired) electrons. The number of nitrogens with one attached hydrogen (secondary N) is 1. The van der Waals surface area contributed by atoms with Crippen LogP contribution >= 0.6 is 0 Å². The van der Waals surface area contributed by atoms with Gasteiger partial charge in [-0.15, -0.1) is 0 Å². The average Bonchev–Trinajstić information content (AvgIpc) is 2.46. The summed E-state index contributed by atoms with van der Waals surface area (Å²) in [5.41, 5.74) is 11.8. The van der Waals surface area contributed by atoms with Gasteiger partial charge in [0.25, 0.3) is 0 Å². The lowest BCUT2D eigenvalue weighted by Crippen LogP contribution is -2.23. The third-order valence-electron chi connectivity index (χ3n) is 3.62. The molecule has 0 aliphatic carbocycles. The molecule has 3 N–H and O–H groups in total. The number of nitrogens with two attached hydrogens (primary N) is 1. The normalized spacial score (nSPS) is 11.4. The molecular formula is C18H23N3O. The van der Waals surface area contributed by atoms with E-state index in [1.165, 1.54) is 22.3 Å². The van der Waals surface area contributed by atoms with Crippen LogP contribution in [0.5, 0.6) is 5.75 Å². The van der Waals surface area contributed by atoms with Crippen LogP contribution in [0.1, 0.15) is 22.3 Å². The molecule has 0 fully saturated rings. The van der Waals surface area contributed by atoms with Gasteiger partial charge in [-0.3, -0.25) is 0 Å². The van der Waals surface area contributed by atoms with Crippen molar-refractivity contribution in [3.8, 4) is 5.75 Å². The second kappa shape index (κ2) is 6.98. The fraction of sp³-hybridized carbons (Fsp3) is 0.278. The molecule has 0 heterocycles. The van der Waals surface area contributed by atoms with E-state index in [9.17, 15) is 0 Å². The maximum atomic E-state index is 5.99. The summed E-state index contributed by atoms with van der Waals surface area (Å²) in [5.74, 6) is 1.12. The zero-order valence-corrected chi connectivity index (χ0v) is 13.6. The van der Waals surface area contributed by atoms with Crippen LogP contribution < -0.4 is 15.8 Å². The summed E-state index contributed by atoms with van der Waals surface area (Å²) in [6, 6.07) is 12.0. The van der Waals surface area contributed by atoms with Gasteiger partial charge in [0, 0.05) is 0 Å². The molecule has 0 atom stereocenters. The molecule has 4 nitrogen and oxygen atoms in total. The molecule has 0 unspecified atom stereocenters. The molecule has 116 valence electrons. The molecular weight excluding hydrogens is 274 g/mol. The van der Waals surface area contributed by atoms with E-state index in [4.69, 9.17) is 10.5 Å². The third-order valence-corrected chi connectivity index (χ3v) is 3.62. The Balaban J connectivity index is 2.14. The molecule has 2 aromatic rings. The second-order valence-corrected chi connectivity index (χ2v) is 5.40. The van der Waals surface area contributed by atoms with Crippen molar-refractivity contribution in [1.29, 1.82) is 0 Å². The van der Waals surface area contributed by atoms with E-state index >= 15 is 0 Å². The number of aryl methyl sites for hydroxylation is 3. The lowest BCUT2D eigenvalue weighted by atomic mass is 10.00. The summed E-state index contributed by atoms with van der Waals surface area (Å²) in [6.07, 6.45) is 0. The highest BCUT2D eigenvalue weighted by molar-refractivity contribution is 5.93. The van der Waals surface area contributed by atoms with E-state index in [1.54, 1.807) is 7.11 Å². The van der Waals surface area contributed by atoms with Crippen molar-refractivity contribution in [3.05, 3.63) is 58.7 Å². The van der Waals surface area contributed by atoms with Gasteiger partial charge in [-0.05, 0) is 49.6 Å². The van der Waals surface area contributed by atoms with Gasteiger partial charge in [0.1, 0.15) is 5.75 Å². The number of para-hydroxylation sites is 2. The Morgan fingerprint density at radius 1 is 1.14 bits per heavy atom. The lowest BCUT2D eigenvalue weighted by Gasteiger charge is -2.12. The van der Waals surface area contributed by atoms with Gasteiger partial charge in [-0.1, -0.05) is 29.8 Å². The van der Waals surface area contributed by atoms with E-state index in [1.807, 2.05) is 24.3 Å². The fourth-order valence-electron chi connectivity index (χ4n) is 2.55. The molecule has 0 aliphatic rings. The second-order valence-electron chi connectivity index (χ2n) is 5.40. The Morgan fingerprint density at radius 3 is 2.41 bits per heavy atom. The Kier molecular flexibility index (Phi) is 5.04. The molecule has 22 heavy (non-hydrogen) atoms. The number of benzene rings is 2. The van der Waals surface area contributed by atoms with Crippen LogP contribution in [-0.2, 0) is 6.54 Å². The number of methoxy groups -OCH3 is 1. The number of rotatable bonds is 4. The lowest BCUT2D eigenvalue weighted by molar-refractivity contribution is 0.417. The first kappa shape index (κ1) is 15.9. The van der Waals surface area contributed by atoms with Gasteiger partial charge in [0.2, 0.25) is 0 Å². The zero-order valence-electron chi connectivity index (χ0n) is 13.6. The standard InChI is InChI=1S/C18H23N3O/c1-12-9-13(2)15(14(3)10-12)11-20-18(19)21-16-7-5-6-8-17(16)22-4/h5-10H,11H2,1-4H3,(H3,19,20,21).